The topological polar surface area (TPSA) is 15.3 Å². The molecule has 0 aliphatic carbocycles. The lowest BCUT2D eigenvalue weighted by molar-refractivity contribution is 0.320. The Balaban J connectivity index is 2.69. The van der Waals surface area contributed by atoms with E-state index in [1.165, 1.54) is 6.07 Å². The van der Waals surface area contributed by atoms with Crippen LogP contribution in [0.25, 0.3) is 0 Å². The first-order chi connectivity index (χ1) is 10.1. The third kappa shape index (κ3) is 6.32. The van der Waals surface area contributed by atoms with Crippen molar-refractivity contribution in [2.75, 3.05) is 38.7 Å². The van der Waals surface area contributed by atoms with Crippen LogP contribution in [0.4, 0.5) is 8.78 Å². The molecule has 0 aliphatic heterocycles. The van der Waals surface area contributed by atoms with Crippen molar-refractivity contribution >= 4 is 11.8 Å². The fraction of sp³-hybridized carbons (Fsp3) is 0.625. The van der Waals surface area contributed by atoms with Crippen molar-refractivity contribution < 1.29 is 8.78 Å². The van der Waals surface area contributed by atoms with Gasteiger partial charge < -0.3 is 10.2 Å². The lowest BCUT2D eigenvalue weighted by atomic mass is 10.0. The van der Waals surface area contributed by atoms with Gasteiger partial charge in [-0.25, -0.2) is 8.78 Å². The molecule has 0 bridgehead atoms. The summed E-state index contributed by atoms with van der Waals surface area (Å²) in [5, 5.41) is 3.33. The highest BCUT2D eigenvalue weighted by molar-refractivity contribution is 7.98. The Morgan fingerprint density at radius 2 is 2.05 bits per heavy atom. The molecule has 1 rings (SSSR count). The van der Waals surface area contributed by atoms with Crippen LogP contribution in [0.3, 0.4) is 0 Å². The Labute approximate surface area is 131 Å². The van der Waals surface area contributed by atoms with Gasteiger partial charge in [-0.15, -0.1) is 0 Å². The van der Waals surface area contributed by atoms with Gasteiger partial charge in [0.2, 0.25) is 0 Å². The maximum atomic E-state index is 14.0. The maximum absolute atomic E-state index is 14.0. The average molecular weight is 316 g/mol. The Morgan fingerprint density at radius 3 is 2.71 bits per heavy atom. The molecule has 1 unspecified atom stereocenters. The van der Waals surface area contributed by atoms with Crippen LogP contribution in [0.1, 0.15) is 31.4 Å². The van der Waals surface area contributed by atoms with E-state index in [2.05, 4.69) is 30.4 Å². The molecule has 120 valence electrons. The van der Waals surface area contributed by atoms with E-state index in [-0.39, 0.29) is 6.04 Å². The van der Waals surface area contributed by atoms with Gasteiger partial charge in [-0.2, -0.15) is 11.8 Å². The summed E-state index contributed by atoms with van der Waals surface area (Å²) < 4.78 is 27.4. The Morgan fingerprint density at radius 1 is 1.29 bits per heavy atom. The number of rotatable bonds is 10. The van der Waals surface area contributed by atoms with Crippen molar-refractivity contribution in [3.05, 3.63) is 35.4 Å². The van der Waals surface area contributed by atoms with Crippen LogP contribution < -0.4 is 5.32 Å². The van der Waals surface area contributed by atoms with Crippen LogP contribution in [-0.4, -0.2) is 43.6 Å². The van der Waals surface area contributed by atoms with E-state index in [1.54, 1.807) is 12.1 Å². The van der Waals surface area contributed by atoms with E-state index in [0.717, 1.165) is 38.2 Å². The number of nitrogens with one attached hydrogen (secondary N) is 1. The van der Waals surface area contributed by atoms with Crippen molar-refractivity contribution in [3.63, 3.8) is 0 Å². The standard InChI is InChI=1S/C16H26F2N2S/c1-4-9-19-15(8-10-20(2)11-12-21-3)13-6-5-7-14(17)16(13)18/h5-7,15,19H,4,8-12H2,1-3H3. The van der Waals surface area contributed by atoms with Gasteiger partial charge in [0, 0.05) is 23.9 Å². The molecule has 0 amide bonds. The van der Waals surface area contributed by atoms with Gasteiger partial charge in [0.15, 0.2) is 11.6 Å². The second-order valence-electron chi connectivity index (χ2n) is 5.23. The maximum Gasteiger partial charge on any atom is 0.163 e. The van der Waals surface area contributed by atoms with Gasteiger partial charge in [0.05, 0.1) is 0 Å². The van der Waals surface area contributed by atoms with E-state index in [9.17, 15) is 8.78 Å². The van der Waals surface area contributed by atoms with E-state index in [1.807, 2.05) is 11.8 Å². The highest BCUT2D eigenvalue weighted by atomic mass is 32.2. The van der Waals surface area contributed by atoms with Crippen molar-refractivity contribution in [2.24, 2.45) is 0 Å². The van der Waals surface area contributed by atoms with Crippen LogP contribution in [0.2, 0.25) is 0 Å². The van der Waals surface area contributed by atoms with Crippen LogP contribution in [0.5, 0.6) is 0 Å². The van der Waals surface area contributed by atoms with Gasteiger partial charge in [0.25, 0.3) is 0 Å². The third-order valence-electron chi connectivity index (χ3n) is 3.47. The second kappa shape index (κ2) is 10.1. The third-order valence-corrected chi connectivity index (χ3v) is 4.07. The van der Waals surface area contributed by atoms with Crippen molar-refractivity contribution in [1.29, 1.82) is 0 Å². The molecule has 5 heteroatoms. The normalized spacial score (nSPS) is 12.9. The van der Waals surface area contributed by atoms with Gasteiger partial charge in [-0.3, -0.25) is 0 Å². The van der Waals surface area contributed by atoms with Gasteiger partial charge in [0.1, 0.15) is 0 Å². The number of hydrogen-bond acceptors (Lipinski definition) is 3. The lowest BCUT2D eigenvalue weighted by Gasteiger charge is -2.23. The molecule has 0 aromatic heterocycles. The lowest BCUT2D eigenvalue weighted by Crippen LogP contribution is -2.29. The molecule has 21 heavy (non-hydrogen) atoms. The number of hydrogen-bond donors (Lipinski definition) is 1. The Bertz CT molecular complexity index is 415. The molecular weight excluding hydrogens is 290 g/mol. The monoisotopic (exact) mass is 316 g/mol. The van der Waals surface area contributed by atoms with E-state index >= 15 is 0 Å². The summed E-state index contributed by atoms with van der Waals surface area (Å²) in [5.74, 6) is -0.415. The van der Waals surface area contributed by atoms with E-state index in [0.29, 0.717) is 5.56 Å². The van der Waals surface area contributed by atoms with Crippen molar-refractivity contribution in [1.82, 2.24) is 10.2 Å². The summed E-state index contributed by atoms with van der Waals surface area (Å²) in [6, 6.07) is 4.28. The molecule has 0 fully saturated rings. The molecule has 1 atom stereocenters. The minimum absolute atomic E-state index is 0.141. The molecule has 0 aliphatic rings. The molecule has 0 spiro atoms. The SMILES string of the molecule is CCCNC(CCN(C)CCSC)c1cccc(F)c1F. The minimum atomic E-state index is -0.772. The molecule has 0 saturated carbocycles. The zero-order valence-corrected chi connectivity index (χ0v) is 14.0. The minimum Gasteiger partial charge on any atom is -0.310 e. The Hall–Kier alpha value is -0.650. The second-order valence-corrected chi connectivity index (χ2v) is 6.22. The highest BCUT2D eigenvalue weighted by Crippen LogP contribution is 2.22. The number of halogens is 2. The van der Waals surface area contributed by atoms with E-state index < -0.39 is 11.6 Å². The summed E-state index contributed by atoms with van der Waals surface area (Å²) in [5.41, 5.74) is 0.432. The van der Waals surface area contributed by atoms with E-state index in [4.69, 9.17) is 0 Å². The van der Waals surface area contributed by atoms with Crippen molar-refractivity contribution in [3.8, 4) is 0 Å². The smallest absolute Gasteiger partial charge is 0.163 e. The van der Waals surface area contributed by atoms with Gasteiger partial charge in [-0.1, -0.05) is 19.1 Å². The fourth-order valence-corrected chi connectivity index (χ4v) is 2.68. The largest absolute Gasteiger partial charge is 0.310 e. The van der Waals surface area contributed by atoms with Crippen LogP contribution in [0.15, 0.2) is 18.2 Å². The highest BCUT2D eigenvalue weighted by Gasteiger charge is 2.18. The number of nitrogens with zero attached hydrogens (tertiary/aromatic N) is 1. The number of thioether (sulfide) groups is 1. The molecule has 0 heterocycles. The molecule has 1 aromatic carbocycles. The van der Waals surface area contributed by atoms with Crippen molar-refractivity contribution in [2.45, 2.75) is 25.8 Å². The van der Waals surface area contributed by atoms with Crippen LogP contribution in [-0.2, 0) is 0 Å². The molecular formula is C16H26F2N2S. The first kappa shape index (κ1) is 18.4. The molecule has 1 aromatic rings. The summed E-state index contributed by atoms with van der Waals surface area (Å²) in [6.45, 7) is 4.73. The summed E-state index contributed by atoms with van der Waals surface area (Å²) >= 11 is 1.81. The van der Waals surface area contributed by atoms with Gasteiger partial charge >= 0.3 is 0 Å². The molecule has 2 nitrogen and oxygen atoms in total. The van der Waals surface area contributed by atoms with Crippen LogP contribution in [0, 0.1) is 11.6 Å². The molecule has 1 N–H and O–H groups in total. The predicted octanol–water partition coefficient (Wildman–Crippen LogP) is 3.69. The molecule has 0 radical (unpaired) electrons. The van der Waals surface area contributed by atoms with Gasteiger partial charge in [-0.05, 0) is 45.3 Å². The summed E-state index contributed by atoms with van der Waals surface area (Å²) in [4.78, 5) is 2.23. The first-order valence-electron chi connectivity index (χ1n) is 7.44. The summed E-state index contributed by atoms with van der Waals surface area (Å²) in [6.07, 6.45) is 3.82. The first-order valence-corrected chi connectivity index (χ1v) is 8.84. The number of benzene rings is 1. The predicted molar refractivity (Wildman–Crippen MR) is 87.9 cm³/mol. The van der Waals surface area contributed by atoms with Crippen LogP contribution >= 0.6 is 11.8 Å². The Kier molecular flexibility index (Phi) is 8.88. The average Bonchev–Trinajstić information content (AvgIpc) is 2.48. The quantitative estimate of drug-likeness (QED) is 0.709. The zero-order valence-electron chi connectivity index (χ0n) is 13.2. The fourth-order valence-electron chi connectivity index (χ4n) is 2.18. The summed E-state index contributed by atoms with van der Waals surface area (Å²) in [7, 11) is 2.06. The molecule has 0 saturated heterocycles. The zero-order chi connectivity index (χ0) is 15.7.